The Morgan fingerprint density at radius 1 is 1.45 bits per heavy atom. The van der Waals surface area contributed by atoms with E-state index in [1.165, 1.54) is 0 Å². The van der Waals surface area contributed by atoms with E-state index in [-0.39, 0.29) is 5.91 Å². The average molecular weight is 273 g/mol. The molecule has 106 valence electrons. The molecule has 0 saturated carbocycles. The third-order valence-electron chi connectivity index (χ3n) is 3.07. The Labute approximate surface area is 118 Å². The second-order valence-electron chi connectivity index (χ2n) is 4.77. The van der Waals surface area contributed by atoms with Crippen molar-refractivity contribution in [2.75, 3.05) is 25.5 Å². The fraction of sp³-hybridized carbons (Fsp3) is 0.357. The molecule has 0 saturated heterocycles. The number of aryl methyl sites for hydroxylation is 1. The molecule has 2 aromatic heterocycles. The molecule has 6 heteroatoms. The Hall–Kier alpha value is -2.37. The number of nitrogens with one attached hydrogen (secondary N) is 1. The number of carbonyl (C=O) groups is 1. The van der Waals surface area contributed by atoms with Gasteiger partial charge in [-0.05, 0) is 12.1 Å². The fourth-order valence-corrected chi connectivity index (χ4v) is 1.95. The van der Waals surface area contributed by atoms with Crippen molar-refractivity contribution in [1.29, 1.82) is 0 Å². The lowest BCUT2D eigenvalue weighted by atomic mass is 10.2. The van der Waals surface area contributed by atoms with E-state index >= 15 is 0 Å². The van der Waals surface area contributed by atoms with Gasteiger partial charge >= 0.3 is 0 Å². The molecule has 0 aliphatic rings. The van der Waals surface area contributed by atoms with Gasteiger partial charge < -0.3 is 14.8 Å². The van der Waals surface area contributed by atoms with Crippen molar-refractivity contribution in [2.45, 2.75) is 6.42 Å². The third-order valence-corrected chi connectivity index (χ3v) is 3.07. The maximum Gasteiger partial charge on any atom is 0.272 e. The van der Waals surface area contributed by atoms with Crippen molar-refractivity contribution >= 4 is 11.6 Å². The number of aromatic nitrogens is 3. The van der Waals surface area contributed by atoms with Gasteiger partial charge in [-0.2, -0.15) is 0 Å². The molecule has 2 aromatic rings. The van der Waals surface area contributed by atoms with Crippen LogP contribution in [0, 0.1) is 0 Å². The number of rotatable bonds is 5. The van der Waals surface area contributed by atoms with E-state index in [4.69, 9.17) is 0 Å². The Kier molecular flexibility index (Phi) is 4.34. The van der Waals surface area contributed by atoms with Crippen LogP contribution in [0.4, 0.5) is 5.69 Å². The van der Waals surface area contributed by atoms with Crippen LogP contribution in [-0.2, 0) is 13.5 Å². The van der Waals surface area contributed by atoms with Crippen molar-refractivity contribution < 1.29 is 4.79 Å². The largest absolute Gasteiger partial charge is 0.376 e. The van der Waals surface area contributed by atoms with Gasteiger partial charge in [0, 0.05) is 52.2 Å². The lowest BCUT2D eigenvalue weighted by molar-refractivity contribution is 0.0949. The standard InChI is InChI=1S/C14H19N5O/c1-18(2)12-5-4-7-16-13(12)14(20)17-8-6-11-9-15-10-19(11)3/h4-5,7,9-10H,6,8H2,1-3H3,(H,17,20). The van der Waals surface area contributed by atoms with Crippen LogP contribution in [-0.4, -0.2) is 41.1 Å². The molecule has 0 aliphatic carbocycles. The Balaban J connectivity index is 1.97. The zero-order chi connectivity index (χ0) is 14.5. The van der Waals surface area contributed by atoms with Gasteiger partial charge in [-0.15, -0.1) is 0 Å². The first-order valence-corrected chi connectivity index (χ1v) is 6.45. The molecule has 0 spiro atoms. The van der Waals surface area contributed by atoms with Crippen LogP contribution in [0.1, 0.15) is 16.2 Å². The van der Waals surface area contributed by atoms with E-state index in [9.17, 15) is 4.79 Å². The lowest BCUT2D eigenvalue weighted by Crippen LogP contribution is -2.28. The monoisotopic (exact) mass is 273 g/mol. The molecule has 0 aliphatic heterocycles. The van der Waals surface area contributed by atoms with Gasteiger partial charge in [-0.3, -0.25) is 4.79 Å². The van der Waals surface area contributed by atoms with E-state index < -0.39 is 0 Å². The summed E-state index contributed by atoms with van der Waals surface area (Å²) in [5.41, 5.74) is 2.34. The molecule has 0 unspecified atom stereocenters. The maximum absolute atomic E-state index is 12.2. The van der Waals surface area contributed by atoms with E-state index in [1.54, 1.807) is 18.7 Å². The summed E-state index contributed by atoms with van der Waals surface area (Å²) in [7, 11) is 5.72. The van der Waals surface area contributed by atoms with E-state index in [0.29, 0.717) is 12.2 Å². The van der Waals surface area contributed by atoms with Gasteiger partial charge in [-0.25, -0.2) is 9.97 Å². The number of anilines is 1. The predicted molar refractivity (Wildman–Crippen MR) is 77.8 cm³/mol. The summed E-state index contributed by atoms with van der Waals surface area (Å²) in [6.45, 7) is 0.557. The Morgan fingerprint density at radius 2 is 2.25 bits per heavy atom. The minimum Gasteiger partial charge on any atom is -0.376 e. The molecule has 0 radical (unpaired) electrons. The van der Waals surface area contributed by atoms with Gasteiger partial charge in [-0.1, -0.05) is 0 Å². The van der Waals surface area contributed by atoms with Gasteiger partial charge in [0.1, 0.15) is 0 Å². The van der Waals surface area contributed by atoms with Crippen molar-refractivity contribution in [3.05, 3.63) is 42.2 Å². The molecule has 20 heavy (non-hydrogen) atoms. The van der Waals surface area contributed by atoms with Crippen LogP contribution in [0.25, 0.3) is 0 Å². The molecular formula is C14H19N5O. The van der Waals surface area contributed by atoms with Crippen LogP contribution in [0.3, 0.4) is 0 Å². The van der Waals surface area contributed by atoms with E-state index in [2.05, 4.69) is 15.3 Å². The summed E-state index contributed by atoms with van der Waals surface area (Å²) in [5, 5.41) is 2.89. The topological polar surface area (TPSA) is 63.1 Å². The predicted octanol–water partition coefficient (Wildman–Crippen LogP) is 0.854. The summed E-state index contributed by atoms with van der Waals surface area (Å²) in [4.78, 5) is 22.2. The zero-order valence-corrected chi connectivity index (χ0v) is 12.0. The molecule has 1 amide bonds. The van der Waals surface area contributed by atoms with Gasteiger partial charge in [0.2, 0.25) is 0 Å². The van der Waals surface area contributed by atoms with Crippen LogP contribution in [0.15, 0.2) is 30.9 Å². The SMILES string of the molecule is CN(C)c1cccnc1C(=O)NCCc1cncn1C. The summed E-state index contributed by atoms with van der Waals surface area (Å²) in [5.74, 6) is -0.156. The van der Waals surface area contributed by atoms with Crippen molar-refractivity contribution in [3.63, 3.8) is 0 Å². The van der Waals surface area contributed by atoms with Crippen LogP contribution < -0.4 is 10.2 Å². The van der Waals surface area contributed by atoms with Crippen LogP contribution >= 0.6 is 0 Å². The third kappa shape index (κ3) is 3.14. The highest BCUT2D eigenvalue weighted by molar-refractivity contribution is 5.97. The Morgan fingerprint density at radius 3 is 2.90 bits per heavy atom. The van der Waals surface area contributed by atoms with Crippen molar-refractivity contribution in [3.8, 4) is 0 Å². The molecule has 0 bridgehead atoms. The number of pyridine rings is 1. The number of nitrogens with zero attached hydrogens (tertiary/aromatic N) is 4. The molecule has 1 N–H and O–H groups in total. The van der Waals surface area contributed by atoms with Crippen LogP contribution in [0.5, 0.6) is 0 Å². The summed E-state index contributed by atoms with van der Waals surface area (Å²) < 4.78 is 1.94. The Bertz CT molecular complexity index is 591. The van der Waals surface area contributed by atoms with Gasteiger partial charge in [0.05, 0.1) is 12.0 Å². The molecule has 0 fully saturated rings. The molecule has 2 rings (SSSR count). The zero-order valence-electron chi connectivity index (χ0n) is 12.0. The second kappa shape index (κ2) is 6.18. The quantitative estimate of drug-likeness (QED) is 0.877. The second-order valence-corrected chi connectivity index (χ2v) is 4.77. The lowest BCUT2D eigenvalue weighted by Gasteiger charge is -2.15. The van der Waals surface area contributed by atoms with E-state index in [0.717, 1.165) is 17.8 Å². The van der Waals surface area contributed by atoms with E-state index in [1.807, 2.05) is 42.7 Å². The first-order valence-electron chi connectivity index (χ1n) is 6.45. The summed E-state index contributed by atoms with van der Waals surface area (Å²) >= 11 is 0. The van der Waals surface area contributed by atoms with Crippen molar-refractivity contribution in [1.82, 2.24) is 19.9 Å². The first-order chi connectivity index (χ1) is 9.59. The number of imidazole rings is 1. The summed E-state index contributed by atoms with van der Waals surface area (Å²) in [6, 6.07) is 3.70. The van der Waals surface area contributed by atoms with Crippen molar-refractivity contribution in [2.24, 2.45) is 7.05 Å². The fourth-order valence-electron chi connectivity index (χ4n) is 1.95. The highest BCUT2D eigenvalue weighted by Gasteiger charge is 2.13. The van der Waals surface area contributed by atoms with Gasteiger partial charge in [0.15, 0.2) is 5.69 Å². The average Bonchev–Trinajstić information content (AvgIpc) is 2.84. The number of carbonyl (C=O) groups excluding carboxylic acids is 1. The number of hydrogen-bond acceptors (Lipinski definition) is 4. The number of hydrogen-bond donors (Lipinski definition) is 1. The maximum atomic E-state index is 12.2. The smallest absolute Gasteiger partial charge is 0.272 e. The molecule has 0 atom stereocenters. The molecule has 0 aromatic carbocycles. The molecular weight excluding hydrogens is 254 g/mol. The van der Waals surface area contributed by atoms with Crippen LogP contribution in [0.2, 0.25) is 0 Å². The first kappa shape index (κ1) is 14.0. The highest BCUT2D eigenvalue weighted by Crippen LogP contribution is 2.14. The molecule has 2 heterocycles. The minimum absolute atomic E-state index is 0.156. The van der Waals surface area contributed by atoms with Gasteiger partial charge in [0.25, 0.3) is 5.91 Å². The number of amides is 1. The summed E-state index contributed by atoms with van der Waals surface area (Å²) in [6.07, 6.45) is 5.92. The molecule has 6 nitrogen and oxygen atoms in total. The highest BCUT2D eigenvalue weighted by atomic mass is 16.1. The minimum atomic E-state index is -0.156. The normalized spacial score (nSPS) is 10.3.